The van der Waals surface area contributed by atoms with Crippen molar-refractivity contribution in [3.63, 3.8) is 0 Å². The van der Waals surface area contributed by atoms with E-state index in [2.05, 4.69) is 4.74 Å². The fourth-order valence-electron chi connectivity index (χ4n) is 1.39. The molecule has 2 atom stereocenters. The molecule has 0 aromatic rings. The van der Waals surface area contributed by atoms with Crippen LogP contribution in [-0.2, 0) is 9.53 Å². The van der Waals surface area contributed by atoms with E-state index in [1.165, 1.54) is 7.11 Å². The van der Waals surface area contributed by atoms with Crippen molar-refractivity contribution >= 4 is 17.7 Å². The normalized spacial score (nSPS) is 30.8. The maximum Gasteiger partial charge on any atom is 0.310 e. The van der Waals surface area contributed by atoms with Gasteiger partial charge in [-0.05, 0) is 24.3 Å². The van der Waals surface area contributed by atoms with Crippen molar-refractivity contribution in [2.45, 2.75) is 18.9 Å². The molecular formula is C8H15NO2S. The molecule has 0 aromatic heterocycles. The number of ether oxygens (including phenoxy) is 1. The lowest BCUT2D eigenvalue weighted by Gasteiger charge is -2.17. The summed E-state index contributed by atoms with van der Waals surface area (Å²) in [7, 11) is 1.42. The van der Waals surface area contributed by atoms with Crippen LogP contribution in [0.15, 0.2) is 0 Å². The van der Waals surface area contributed by atoms with Crippen LogP contribution in [0.2, 0.25) is 0 Å². The molecule has 0 spiro atoms. The molecule has 1 saturated heterocycles. The van der Waals surface area contributed by atoms with Crippen LogP contribution in [0.5, 0.6) is 0 Å². The van der Waals surface area contributed by atoms with Gasteiger partial charge in [0.15, 0.2) is 0 Å². The molecule has 12 heavy (non-hydrogen) atoms. The van der Waals surface area contributed by atoms with Gasteiger partial charge in [-0.2, -0.15) is 11.8 Å². The molecule has 0 radical (unpaired) electrons. The Morgan fingerprint density at radius 2 is 2.17 bits per heavy atom. The van der Waals surface area contributed by atoms with Crippen LogP contribution in [0.1, 0.15) is 12.8 Å². The van der Waals surface area contributed by atoms with Crippen molar-refractivity contribution in [2.24, 2.45) is 11.7 Å². The highest BCUT2D eigenvalue weighted by molar-refractivity contribution is 7.99. The van der Waals surface area contributed by atoms with Gasteiger partial charge in [0.05, 0.1) is 13.0 Å². The Morgan fingerprint density at radius 3 is 2.83 bits per heavy atom. The number of nitrogens with two attached hydrogens (primary N) is 1. The summed E-state index contributed by atoms with van der Waals surface area (Å²) in [5.74, 6) is 1.86. The van der Waals surface area contributed by atoms with Gasteiger partial charge in [-0.1, -0.05) is 0 Å². The summed E-state index contributed by atoms with van der Waals surface area (Å²) in [5.41, 5.74) is 5.84. The number of esters is 1. The molecule has 1 rings (SSSR count). The van der Waals surface area contributed by atoms with Crippen LogP contribution >= 0.6 is 11.8 Å². The smallest absolute Gasteiger partial charge is 0.310 e. The summed E-state index contributed by atoms with van der Waals surface area (Å²) >= 11 is 1.86. The number of rotatable bonds is 1. The molecule has 4 heteroatoms. The van der Waals surface area contributed by atoms with E-state index in [0.29, 0.717) is 0 Å². The van der Waals surface area contributed by atoms with Crippen LogP contribution in [0, 0.1) is 5.92 Å². The molecule has 1 heterocycles. The molecule has 0 saturated carbocycles. The van der Waals surface area contributed by atoms with E-state index in [0.717, 1.165) is 24.3 Å². The van der Waals surface area contributed by atoms with Gasteiger partial charge in [-0.15, -0.1) is 0 Å². The monoisotopic (exact) mass is 189 g/mol. The van der Waals surface area contributed by atoms with Gasteiger partial charge >= 0.3 is 5.97 Å². The standard InChI is InChI=1S/C8H15NO2S/c1-11-8(10)6-2-4-12-5-3-7(6)9/h6-7H,2-5,9H2,1H3. The molecule has 2 unspecified atom stereocenters. The highest BCUT2D eigenvalue weighted by atomic mass is 32.2. The van der Waals surface area contributed by atoms with Gasteiger partial charge in [0.2, 0.25) is 0 Å². The topological polar surface area (TPSA) is 52.3 Å². The van der Waals surface area contributed by atoms with Crippen LogP contribution in [0.3, 0.4) is 0 Å². The van der Waals surface area contributed by atoms with Crippen LogP contribution in [0.25, 0.3) is 0 Å². The van der Waals surface area contributed by atoms with Crippen molar-refractivity contribution < 1.29 is 9.53 Å². The first-order valence-corrected chi connectivity index (χ1v) is 5.32. The quantitative estimate of drug-likeness (QED) is 0.615. The van der Waals surface area contributed by atoms with Crippen molar-refractivity contribution in [1.82, 2.24) is 0 Å². The number of hydrogen-bond acceptors (Lipinski definition) is 4. The first kappa shape index (κ1) is 9.86. The zero-order valence-electron chi connectivity index (χ0n) is 7.29. The van der Waals surface area contributed by atoms with Gasteiger partial charge in [0.1, 0.15) is 0 Å². The first-order valence-electron chi connectivity index (χ1n) is 4.17. The third kappa shape index (κ3) is 2.38. The Labute approximate surface area is 77.0 Å². The van der Waals surface area contributed by atoms with Crippen molar-refractivity contribution in [3.05, 3.63) is 0 Å². The minimum atomic E-state index is -0.148. The molecule has 0 aliphatic carbocycles. The van der Waals surface area contributed by atoms with E-state index in [4.69, 9.17) is 5.73 Å². The first-order chi connectivity index (χ1) is 5.75. The second kappa shape index (κ2) is 4.72. The van der Waals surface area contributed by atoms with Gasteiger partial charge in [0, 0.05) is 6.04 Å². The molecule has 70 valence electrons. The zero-order valence-corrected chi connectivity index (χ0v) is 8.10. The molecule has 0 amide bonds. The number of hydrogen-bond donors (Lipinski definition) is 1. The maximum atomic E-state index is 11.2. The predicted molar refractivity (Wildman–Crippen MR) is 50.0 cm³/mol. The van der Waals surface area contributed by atoms with E-state index in [-0.39, 0.29) is 17.9 Å². The third-order valence-electron chi connectivity index (χ3n) is 2.19. The number of carbonyl (C=O) groups is 1. The van der Waals surface area contributed by atoms with E-state index >= 15 is 0 Å². The van der Waals surface area contributed by atoms with Crippen LogP contribution in [-0.4, -0.2) is 30.6 Å². The van der Waals surface area contributed by atoms with Gasteiger partial charge in [-0.25, -0.2) is 0 Å². The largest absolute Gasteiger partial charge is 0.469 e. The van der Waals surface area contributed by atoms with E-state index in [1.54, 1.807) is 0 Å². The second-order valence-corrected chi connectivity index (χ2v) is 4.21. The Kier molecular flexibility index (Phi) is 3.88. The summed E-state index contributed by atoms with van der Waals surface area (Å²) in [6.45, 7) is 0. The van der Waals surface area contributed by atoms with Gasteiger partial charge in [-0.3, -0.25) is 4.79 Å². The average molecular weight is 189 g/mol. The third-order valence-corrected chi connectivity index (χ3v) is 3.24. The lowest BCUT2D eigenvalue weighted by molar-refractivity contribution is -0.146. The summed E-state index contributed by atoms with van der Waals surface area (Å²) < 4.78 is 4.69. The summed E-state index contributed by atoms with van der Waals surface area (Å²) in [6, 6.07) is -0.00699. The predicted octanol–water partition coefficient (Wildman–Crippen LogP) is 0.630. The minimum absolute atomic E-state index is 0.00699. The molecule has 1 aliphatic rings. The minimum Gasteiger partial charge on any atom is -0.469 e. The zero-order chi connectivity index (χ0) is 8.97. The average Bonchev–Trinajstić information content (AvgIpc) is 2.28. The highest BCUT2D eigenvalue weighted by Crippen LogP contribution is 2.22. The van der Waals surface area contributed by atoms with Crippen molar-refractivity contribution in [2.75, 3.05) is 18.6 Å². The Hall–Kier alpha value is -0.220. The van der Waals surface area contributed by atoms with Gasteiger partial charge in [0.25, 0.3) is 0 Å². The lowest BCUT2D eigenvalue weighted by atomic mass is 9.96. The summed E-state index contributed by atoms with van der Waals surface area (Å²) in [5, 5.41) is 0. The molecular weight excluding hydrogens is 174 g/mol. The van der Waals surface area contributed by atoms with Crippen LogP contribution < -0.4 is 5.73 Å². The van der Waals surface area contributed by atoms with Gasteiger partial charge < -0.3 is 10.5 Å². The number of carbonyl (C=O) groups excluding carboxylic acids is 1. The Morgan fingerprint density at radius 1 is 1.50 bits per heavy atom. The second-order valence-electron chi connectivity index (χ2n) is 2.98. The number of methoxy groups -OCH3 is 1. The van der Waals surface area contributed by atoms with Crippen molar-refractivity contribution in [3.8, 4) is 0 Å². The number of thioether (sulfide) groups is 1. The van der Waals surface area contributed by atoms with Crippen molar-refractivity contribution in [1.29, 1.82) is 0 Å². The fourth-order valence-corrected chi connectivity index (χ4v) is 2.45. The summed E-state index contributed by atoms with van der Waals surface area (Å²) in [6.07, 6.45) is 1.78. The molecule has 1 fully saturated rings. The molecule has 3 nitrogen and oxygen atoms in total. The Bertz CT molecular complexity index is 163. The molecule has 0 aromatic carbocycles. The maximum absolute atomic E-state index is 11.2. The van der Waals surface area contributed by atoms with E-state index in [1.807, 2.05) is 11.8 Å². The SMILES string of the molecule is COC(=O)C1CCSCCC1N. The Balaban J connectivity index is 2.52. The molecule has 1 aliphatic heterocycles. The lowest BCUT2D eigenvalue weighted by Crippen LogP contribution is -2.35. The summed E-state index contributed by atoms with van der Waals surface area (Å²) in [4.78, 5) is 11.2. The van der Waals surface area contributed by atoms with Crippen LogP contribution in [0.4, 0.5) is 0 Å². The highest BCUT2D eigenvalue weighted by Gasteiger charge is 2.27. The van der Waals surface area contributed by atoms with E-state index in [9.17, 15) is 4.79 Å². The fraction of sp³-hybridized carbons (Fsp3) is 0.875. The molecule has 2 N–H and O–H groups in total. The molecule has 0 bridgehead atoms. The van der Waals surface area contributed by atoms with E-state index < -0.39 is 0 Å².